The summed E-state index contributed by atoms with van der Waals surface area (Å²) in [6.45, 7) is 5.02. The van der Waals surface area contributed by atoms with Gasteiger partial charge in [0.25, 0.3) is 0 Å². The van der Waals surface area contributed by atoms with Crippen molar-refractivity contribution in [3.8, 4) is 0 Å². The number of rotatable bonds is 12. The number of nitrogens with two attached hydrogens (primary N) is 1. The molecule has 5 atom stereocenters. The van der Waals surface area contributed by atoms with Crippen molar-refractivity contribution in [1.82, 2.24) is 16.0 Å². The number of carbonyl (C=O) groups excluding carboxylic acids is 3. The molecule has 0 saturated carbocycles. The number of carboxylic acid groups (broad SMARTS) is 1. The summed E-state index contributed by atoms with van der Waals surface area (Å²) >= 11 is 3.95. The van der Waals surface area contributed by atoms with Crippen LogP contribution in [0.25, 0.3) is 0 Å². The normalized spacial score (nSPS) is 15.6. The zero-order valence-electron chi connectivity index (χ0n) is 18.0. The van der Waals surface area contributed by atoms with Crippen LogP contribution in [0.2, 0.25) is 0 Å². The van der Waals surface area contributed by atoms with Gasteiger partial charge in [0.2, 0.25) is 17.7 Å². The van der Waals surface area contributed by atoms with Gasteiger partial charge in [-0.3, -0.25) is 14.4 Å². The molecule has 3 amide bonds. The molecule has 0 bridgehead atoms. The quantitative estimate of drug-likeness (QED) is 0.247. The van der Waals surface area contributed by atoms with Crippen LogP contribution in [0.3, 0.4) is 0 Å². The third-order valence-corrected chi connectivity index (χ3v) is 5.37. The van der Waals surface area contributed by atoms with E-state index in [1.807, 2.05) is 13.0 Å². The van der Waals surface area contributed by atoms with Gasteiger partial charge in [0.15, 0.2) is 0 Å². The molecule has 172 valence electrons. The van der Waals surface area contributed by atoms with Crippen LogP contribution in [0.15, 0.2) is 30.3 Å². The Morgan fingerprint density at radius 3 is 2.13 bits per heavy atom. The molecular weight excluding hydrogens is 420 g/mol. The Hall–Kier alpha value is -2.59. The molecule has 0 saturated heterocycles. The lowest BCUT2D eigenvalue weighted by Gasteiger charge is -2.25. The highest BCUT2D eigenvalue weighted by molar-refractivity contribution is 7.80. The summed E-state index contributed by atoms with van der Waals surface area (Å²) in [7, 11) is 0. The lowest BCUT2D eigenvalue weighted by molar-refractivity contribution is -0.143. The van der Waals surface area contributed by atoms with E-state index in [9.17, 15) is 24.3 Å². The number of carboxylic acids is 1. The summed E-state index contributed by atoms with van der Waals surface area (Å²) < 4.78 is 0. The lowest BCUT2D eigenvalue weighted by Crippen LogP contribution is -2.57. The number of hydrogen-bond donors (Lipinski definition) is 6. The highest BCUT2D eigenvalue weighted by Crippen LogP contribution is 2.10. The molecule has 1 aromatic carbocycles. The Morgan fingerprint density at radius 2 is 1.61 bits per heavy atom. The summed E-state index contributed by atoms with van der Waals surface area (Å²) in [5.41, 5.74) is 6.39. The predicted octanol–water partition coefficient (Wildman–Crippen LogP) is 0.0912. The van der Waals surface area contributed by atoms with E-state index in [1.165, 1.54) is 6.92 Å². The second-order valence-electron chi connectivity index (χ2n) is 7.48. The largest absolute Gasteiger partial charge is 0.480 e. The maximum atomic E-state index is 12.9. The van der Waals surface area contributed by atoms with Gasteiger partial charge in [-0.15, -0.1) is 0 Å². The summed E-state index contributed by atoms with van der Waals surface area (Å²) in [6.07, 6.45) is 0.712. The molecule has 1 rings (SSSR count). The number of nitrogens with one attached hydrogen (secondary N) is 3. The van der Waals surface area contributed by atoms with E-state index >= 15 is 0 Å². The van der Waals surface area contributed by atoms with E-state index < -0.39 is 47.9 Å². The topological polar surface area (TPSA) is 151 Å². The minimum Gasteiger partial charge on any atom is -0.480 e. The molecule has 0 aromatic heterocycles. The van der Waals surface area contributed by atoms with Crippen molar-refractivity contribution >= 4 is 36.3 Å². The maximum absolute atomic E-state index is 12.9. The van der Waals surface area contributed by atoms with Gasteiger partial charge in [0, 0.05) is 12.2 Å². The lowest BCUT2D eigenvalue weighted by atomic mass is 9.98. The van der Waals surface area contributed by atoms with Crippen LogP contribution in [-0.4, -0.2) is 58.7 Å². The molecule has 0 fully saturated rings. The zero-order chi connectivity index (χ0) is 23.6. The van der Waals surface area contributed by atoms with E-state index in [-0.39, 0.29) is 18.1 Å². The van der Waals surface area contributed by atoms with Gasteiger partial charge in [-0.2, -0.15) is 12.6 Å². The van der Waals surface area contributed by atoms with Crippen molar-refractivity contribution in [2.45, 2.75) is 57.8 Å². The molecule has 0 aliphatic carbocycles. The van der Waals surface area contributed by atoms with Gasteiger partial charge in [0.05, 0.1) is 6.04 Å². The standard InChI is InChI=1S/C21H32N4O5S/c1-4-12(2)17(21(29)30)25-20(28)16(10-14-8-6-5-7-9-14)24-18(26)13(3)23-19(27)15(22)11-31/h5-9,12-13,15-17,31H,4,10-11,22H2,1-3H3,(H,23,27)(H,24,26)(H,25,28)(H,29,30). The summed E-state index contributed by atoms with van der Waals surface area (Å²) in [4.78, 5) is 49.0. The first-order valence-electron chi connectivity index (χ1n) is 10.1. The average Bonchev–Trinajstić information content (AvgIpc) is 2.75. The fourth-order valence-corrected chi connectivity index (χ4v) is 2.93. The molecule has 0 radical (unpaired) electrons. The van der Waals surface area contributed by atoms with Crippen molar-refractivity contribution in [3.05, 3.63) is 35.9 Å². The van der Waals surface area contributed by atoms with Crippen molar-refractivity contribution in [2.24, 2.45) is 11.7 Å². The van der Waals surface area contributed by atoms with Crippen molar-refractivity contribution in [3.63, 3.8) is 0 Å². The molecule has 0 heterocycles. The van der Waals surface area contributed by atoms with Gasteiger partial charge in [-0.05, 0) is 18.4 Å². The molecule has 5 unspecified atom stereocenters. The van der Waals surface area contributed by atoms with Gasteiger partial charge in [-0.1, -0.05) is 50.6 Å². The van der Waals surface area contributed by atoms with Crippen LogP contribution < -0.4 is 21.7 Å². The van der Waals surface area contributed by atoms with Crippen molar-refractivity contribution in [2.75, 3.05) is 5.75 Å². The Morgan fingerprint density at radius 1 is 1.00 bits per heavy atom. The Bertz CT molecular complexity index is 761. The molecule has 0 spiro atoms. The van der Waals surface area contributed by atoms with Gasteiger partial charge in [0.1, 0.15) is 18.1 Å². The number of carbonyl (C=O) groups is 4. The number of thiol groups is 1. The van der Waals surface area contributed by atoms with Crippen molar-refractivity contribution < 1.29 is 24.3 Å². The SMILES string of the molecule is CCC(C)C(NC(=O)C(Cc1ccccc1)NC(=O)C(C)NC(=O)C(N)CS)C(=O)O. The zero-order valence-corrected chi connectivity index (χ0v) is 18.9. The third kappa shape index (κ3) is 8.58. The Kier molecular flexibility index (Phi) is 11.1. The van der Waals surface area contributed by atoms with Gasteiger partial charge < -0.3 is 26.8 Å². The first-order valence-corrected chi connectivity index (χ1v) is 10.8. The van der Waals surface area contributed by atoms with E-state index in [1.54, 1.807) is 31.2 Å². The summed E-state index contributed by atoms with van der Waals surface area (Å²) in [5.74, 6) is -3.07. The van der Waals surface area contributed by atoms with Gasteiger partial charge >= 0.3 is 5.97 Å². The molecule has 10 heteroatoms. The minimum absolute atomic E-state index is 0.116. The Labute approximate surface area is 187 Å². The van der Waals surface area contributed by atoms with E-state index in [2.05, 4.69) is 28.6 Å². The summed E-state index contributed by atoms with van der Waals surface area (Å²) in [6, 6.07) is 5.09. The van der Waals surface area contributed by atoms with Crippen molar-refractivity contribution in [1.29, 1.82) is 0 Å². The molecule has 6 N–H and O–H groups in total. The molecule has 0 aliphatic rings. The van der Waals surface area contributed by atoms with Crippen LogP contribution in [-0.2, 0) is 25.6 Å². The molecule has 31 heavy (non-hydrogen) atoms. The van der Waals surface area contributed by atoms with Gasteiger partial charge in [-0.25, -0.2) is 4.79 Å². The number of amides is 3. The van der Waals surface area contributed by atoms with E-state index in [0.717, 1.165) is 5.56 Å². The van der Waals surface area contributed by atoms with Crippen LogP contribution >= 0.6 is 12.6 Å². The monoisotopic (exact) mass is 452 g/mol. The van der Waals surface area contributed by atoms with E-state index in [4.69, 9.17) is 5.73 Å². The third-order valence-electron chi connectivity index (χ3n) is 4.98. The van der Waals surface area contributed by atoms with Crippen LogP contribution in [0.4, 0.5) is 0 Å². The van der Waals surface area contributed by atoms with Crippen LogP contribution in [0.5, 0.6) is 0 Å². The molecule has 1 aromatic rings. The predicted molar refractivity (Wildman–Crippen MR) is 121 cm³/mol. The number of aliphatic carboxylic acids is 1. The highest BCUT2D eigenvalue weighted by Gasteiger charge is 2.31. The second kappa shape index (κ2) is 13.0. The van der Waals surface area contributed by atoms with E-state index in [0.29, 0.717) is 6.42 Å². The maximum Gasteiger partial charge on any atom is 0.326 e. The van der Waals surface area contributed by atoms with Crippen LogP contribution in [0, 0.1) is 5.92 Å². The summed E-state index contributed by atoms with van der Waals surface area (Å²) in [5, 5.41) is 17.1. The second-order valence-corrected chi connectivity index (χ2v) is 7.85. The smallest absolute Gasteiger partial charge is 0.326 e. The molecule has 0 aliphatic heterocycles. The fraction of sp³-hybridized carbons (Fsp3) is 0.524. The molecule has 9 nitrogen and oxygen atoms in total. The number of benzene rings is 1. The highest BCUT2D eigenvalue weighted by atomic mass is 32.1. The fourth-order valence-electron chi connectivity index (χ4n) is 2.76. The number of hydrogen-bond acceptors (Lipinski definition) is 6. The molecular formula is C21H32N4O5S. The van der Waals surface area contributed by atoms with Crippen LogP contribution in [0.1, 0.15) is 32.8 Å². The Balaban J connectivity index is 2.97. The first kappa shape index (κ1) is 26.4. The minimum atomic E-state index is -1.14. The average molecular weight is 453 g/mol. The first-order chi connectivity index (χ1) is 14.6.